The number of aromatic nitrogens is 1. The quantitative estimate of drug-likeness (QED) is 0.783. The molecule has 0 aliphatic rings. The summed E-state index contributed by atoms with van der Waals surface area (Å²) in [7, 11) is 1.29. The van der Waals surface area contributed by atoms with Crippen LogP contribution >= 0.6 is 0 Å². The third-order valence-corrected chi connectivity index (χ3v) is 3.50. The Hall–Kier alpha value is -3.28. The maximum atomic E-state index is 14.4. The van der Waals surface area contributed by atoms with Crippen LogP contribution in [0.15, 0.2) is 30.3 Å². The first-order valence-electron chi connectivity index (χ1n) is 7.35. The van der Waals surface area contributed by atoms with Crippen LogP contribution in [0.2, 0.25) is 0 Å². The molecule has 0 fully saturated rings. The van der Waals surface area contributed by atoms with Crippen molar-refractivity contribution in [2.75, 3.05) is 19.0 Å². The molecule has 2 aromatic rings. The number of nitriles is 1. The number of hydrogen-bond acceptors (Lipinski definition) is 5. The molecule has 9 heteroatoms. The number of nitrogens with one attached hydrogen (secondary N) is 1. The minimum atomic E-state index is -3.44. The Morgan fingerprint density at radius 1 is 1.38 bits per heavy atom. The van der Waals surface area contributed by atoms with Crippen molar-refractivity contribution < 1.29 is 27.8 Å². The molecule has 0 saturated heterocycles. The number of ether oxygens (including phenoxy) is 1. The summed E-state index contributed by atoms with van der Waals surface area (Å²) in [6.07, 6.45) is -0.738. The fourth-order valence-electron chi connectivity index (χ4n) is 2.22. The minimum absolute atomic E-state index is 0.00970. The van der Waals surface area contributed by atoms with E-state index < -0.39 is 36.4 Å². The lowest BCUT2D eigenvalue weighted by molar-refractivity contribution is -0.136. The van der Waals surface area contributed by atoms with Crippen LogP contribution in [-0.4, -0.2) is 29.7 Å². The highest BCUT2D eigenvalue weighted by Gasteiger charge is 2.34. The largest absolute Gasteiger partial charge is 0.481 e. The molecule has 0 bridgehead atoms. The van der Waals surface area contributed by atoms with Crippen molar-refractivity contribution in [1.82, 2.24) is 4.98 Å². The van der Waals surface area contributed by atoms with Gasteiger partial charge in [0.1, 0.15) is 5.69 Å². The monoisotopic (exact) mass is 365 g/mol. The molecule has 2 N–H and O–H groups in total. The first-order chi connectivity index (χ1) is 12.3. The SMILES string of the molecule is COc1cccc(C(F)(F)CNc2ccc(C#N)c(CC(=O)O)c2F)n1. The van der Waals surface area contributed by atoms with Gasteiger partial charge in [-0.1, -0.05) is 6.07 Å². The van der Waals surface area contributed by atoms with Gasteiger partial charge in [0.05, 0.1) is 37.4 Å². The highest BCUT2D eigenvalue weighted by Crippen LogP contribution is 2.29. The predicted molar refractivity (Wildman–Crippen MR) is 85.6 cm³/mol. The number of hydrogen-bond donors (Lipinski definition) is 2. The van der Waals surface area contributed by atoms with E-state index in [-0.39, 0.29) is 22.7 Å². The second-order valence-electron chi connectivity index (χ2n) is 5.26. The molecule has 0 atom stereocenters. The highest BCUT2D eigenvalue weighted by atomic mass is 19.3. The fraction of sp³-hybridized carbons (Fsp3) is 0.235. The number of carbonyl (C=O) groups is 1. The van der Waals surface area contributed by atoms with Crippen LogP contribution in [0.25, 0.3) is 0 Å². The van der Waals surface area contributed by atoms with Crippen molar-refractivity contribution in [3.63, 3.8) is 0 Å². The number of carboxylic acids is 1. The zero-order valence-corrected chi connectivity index (χ0v) is 13.6. The summed E-state index contributed by atoms with van der Waals surface area (Å²) in [5.74, 6) is -5.83. The lowest BCUT2D eigenvalue weighted by Crippen LogP contribution is -2.26. The fourth-order valence-corrected chi connectivity index (χ4v) is 2.22. The third kappa shape index (κ3) is 4.22. The van der Waals surface area contributed by atoms with Crippen molar-refractivity contribution in [2.45, 2.75) is 12.3 Å². The second kappa shape index (κ2) is 7.74. The molecule has 1 aromatic carbocycles. The molecular weight excluding hydrogens is 351 g/mol. The van der Waals surface area contributed by atoms with Crippen molar-refractivity contribution in [1.29, 1.82) is 5.26 Å². The molecule has 0 spiro atoms. The Bertz CT molecular complexity index is 866. The Kier molecular flexibility index (Phi) is 5.67. The number of pyridine rings is 1. The Balaban J connectivity index is 2.25. The summed E-state index contributed by atoms with van der Waals surface area (Å²) in [6.45, 7) is -0.984. The normalized spacial score (nSPS) is 10.9. The van der Waals surface area contributed by atoms with Crippen LogP contribution in [0.1, 0.15) is 16.8 Å². The Morgan fingerprint density at radius 2 is 2.12 bits per heavy atom. The molecule has 2 rings (SSSR count). The van der Waals surface area contributed by atoms with Gasteiger partial charge in [-0.3, -0.25) is 4.79 Å². The van der Waals surface area contributed by atoms with E-state index in [1.54, 1.807) is 6.07 Å². The van der Waals surface area contributed by atoms with E-state index in [0.29, 0.717) is 0 Å². The van der Waals surface area contributed by atoms with E-state index in [1.807, 2.05) is 0 Å². The molecule has 26 heavy (non-hydrogen) atoms. The third-order valence-electron chi connectivity index (χ3n) is 3.50. The highest BCUT2D eigenvalue weighted by molar-refractivity contribution is 5.72. The maximum Gasteiger partial charge on any atom is 0.307 e. The number of methoxy groups -OCH3 is 1. The van der Waals surface area contributed by atoms with E-state index in [1.165, 1.54) is 25.3 Å². The van der Waals surface area contributed by atoms with E-state index in [0.717, 1.165) is 12.1 Å². The van der Waals surface area contributed by atoms with Crippen molar-refractivity contribution in [2.24, 2.45) is 0 Å². The lowest BCUT2D eigenvalue weighted by atomic mass is 10.0. The van der Waals surface area contributed by atoms with Crippen LogP contribution in [-0.2, 0) is 17.1 Å². The van der Waals surface area contributed by atoms with Crippen LogP contribution in [0.4, 0.5) is 18.9 Å². The molecule has 1 aromatic heterocycles. The Labute approximate surface area is 146 Å². The topological polar surface area (TPSA) is 95.2 Å². The molecular formula is C17H14F3N3O3. The number of carboxylic acid groups (broad SMARTS) is 1. The van der Waals surface area contributed by atoms with E-state index in [9.17, 15) is 18.0 Å². The maximum absolute atomic E-state index is 14.4. The summed E-state index contributed by atoms with van der Waals surface area (Å²) in [6, 6.07) is 7.82. The molecule has 1 heterocycles. The summed E-state index contributed by atoms with van der Waals surface area (Å²) in [4.78, 5) is 14.5. The molecule has 136 valence electrons. The van der Waals surface area contributed by atoms with Gasteiger partial charge >= 0.3 is 11.9 Å². The number of nitrogens with zero attached hydrogens (tertiary/aromatic N) is 2. The number of rotatable bonds is 7. The molecule has 0 amide bonds. The van der Waals surface area contributed by atoms with Crippen molar-refractivity contribution in [3.05, 3.63) is 53.0 Å². The number of benzene rings is 1. The summed E-state index contributed by atoms with van der Waals surface area (Å²) in [5.41, 5.74) is -1.43. The summed E-state index contributed by atoms with van der Waals surface area (Å²) >= 11 is 0. The van der Waals surface area contributed by atoms with Crippen LogP contribution < -0.4 is 10.1 Å². The number of anilines is 1. The summed E-state index contributed by atoms with van der Waals surface area (Å²) in [5, 5.41) is 20.0. The second-order valence-corrected chi connectivity index (χ2v) is 5.26. The predicted octanol–water partition coefficient (Wildman–Crippen LogP) is 2.93. The van der Waals surface area contributed by atoms with Gasteiger partial charge in [0.25, 0.3) is 0 Å². The van der Waals surface area contributed by atoms with Crippen LogP contribution in [0, 0.1) is 17.1 Å². The van der Waals surface area contributed by atoms with Gasteiger partial charge in [-0.25, -0.2) is 9.37 Å². The van der Waals surface area contributed by atoms with Gasteiger partial charge < -0.3 is 15.2 Å². The smallest absolute Gasteiger partial charge is 0.307 e. The van der Waals surface area contributed by atoms with Gasteiger partial charge in [0.2, 0.25) is 5.88 Å². The first kappa shape index (κ1) is 19.1. The molecule has 0 aliphatic carbocycles. The van der Waals surface area contributed by atoms with E-state index in [4.69, 9.17) is 15.1 Å². The number of alkyl halides is 2. The average Bonchev–Trinajstić information content (AvgIpc) is 2.62. The van der Waals surface area contributed by atoms with E-state index >= 15 is 0 Å². The van der Waals surface area contributed by atoms with Gasteiger partial charge in [-0.05, 0) is 18.2 Å². The van der Waals surface area contributed by atoms with Gasteiger partial charge in [0.15, 0.2) is 5.82 Å². The molecule has 6 nitrogen and oxygen atoms in total. The van der Waals surface area contributed by atoms with Gasteiger partial charge in [-0.15, -0.1) is 0 Å². The molecule has 0 radical (unpaired) electrons. The van der Waals surface area contributed by atoms with Gasteiger partial charge in [0, 0.05) is 11.6 Å². The minimum Gasteiger partial charge on any atom is -0.481 e. The average molecular weight is 365 g/mol. The number of halogens is 3. The lowest BCUT2D eigenvalue weighted by Gasteiger charge is -2.18. The van der Waals surface area contributed by atoms with Crippen molar-refractivity contribution >= 4 is 11.7 Å². The summed E-state index contributed by atoms with van der Waals surface area (Å²) < 4.78 is 47.8. The molecule has 0 unspecified atom stereocenters. The van der Waals surface area contributed by atoms with E-state index in [2.05, 4.69) is 10.3 Å². The Morgan fingerprint density at radius 3 is 2.73 bits per heavy atom. The zero-order chi connectivity index (χ0) is 19.3. The standard InChI is InChI=1S/C17H14F3N3O3/c1-26-14-4-2-3-13(23-14)17(19,20)9-22-12-6-5-10(8-21)11(16(12)18)7-15(24)25/h2-6,22H,7,9H2,1H3,(H,24,25). The first-order valence-corrected chi connectivity index (χ1v) is 7.35. The molecule has 0 aliphatic heterocycles. The number of aliphatic carboxylic acids is 1. The van der Waals surface area contributed by atoms with Crippen LogP contribution in [0.3, 0.4) is 0 Å². The van der Waals surface area contributed by atoms with Gasteiger partial charge in [-0.2, -0.15) is 14.0 Å². The molecule has 0 saturated carbocycles. The van der Waals surface area contributed by atoms with Crippen molar-refractivity contribution in [3.8, 4) is 11.9 Å². The van der Waals surface area contributed by atoms with Crippen LogP contribution in [0.5, 0.6) is 5.88 Å². The zero-order valence-electron chi connectivity index (χ0n) is 13.6.